The second-order valence-electron chi connectivity index (χ2n) is 4.53. The summed E-state index contributed by atoms with van der Waals surface area (Å²) in [7, 11) is 0. The van der Waals surface area contributed by atoms with Gasteiger partial charge in [0.05, 0.1) is 5.56 Å². The molecule has 1 N–H and O–H groups in total. The van der Waals surface area contributed by atoms with Crippen molar-refractivity contribution in [2.45, 2.75) is 13.3 Å². The molecule has 1 aromatic carbocycles. The van der Waals surface area contributed by atoms with Gasteiger partial charge in [0.2, 0.25) is 0 Å². The summed E-state index contributed by atoms with van der Waals surface area (Å²) in [6, 6.07) is 11.8. The van der Waals surface area contributed by atoms with Crippen LogP contribution >= 0.6 is 0 Å². The molecule has 5 heteroatoms. The smallest absolute Gasteiger partial charge is 0.259 e. The number of nitriles is 1. The van der Waals surface area contributed by atoms with Crippen molar-refractivity contribution in [3.05, 3.63) is 59.2 Å². The number of rotatable bonds is 3. The Morgan fingerprint density at radius 2 is 2.20 bits per heavy atom. The van der Waals surface area contributed by atoms with Crippen molar-refractivity contribution in [3.63, 3.8) is 0 Å². The Balaban J connectivity index is 1.84. The summed E-state index contributed by atoms with van der Waals surface area (Å²) >= 11 is 0. The minimum Gasteiger partial charge on any atom is -0.352 e. The van der Waals surface area contributed by atoms with Crippen molar-refractivity contribution in [2.24, 2.45) is 0 Å². The van der Waals surface area contributed by atoms with Gasteiger partial charge in [-0.2, -0.15) is 10.2 Å². The summed E-state index contributed by atoms with van der Waals surface area (Å²) in [6.07, 6.45) is 2.31. The highest BCUT2D eigenvalue weighted by Gasteiger charge is 2.11. The summed E-state index contributed by atoms with van der Waals surface area (Å²) in [6.45, 7) is 2.06. The Bertz CT molecular complexity index is 779. The molecule has 0 amide bonds. The molecule has 3 rings (SSSR count). The number of H-pyrrole nitrogens is 1. The fraction of sp³-hybridized carbons (Fsp3) is 0.133. The second kappa shape index (κ2) is 5.02. The molecule has 0 saturated carbocycles. The van der Waals surface area contributed by atoms with E-state index in [0.717, 1.165) is 5.56 Å². The molecule has 0 radical (unpaired) electrons. The van der Waals surface area contributed by atoms with Gasteiger partial charge in [-0.3, -0.25) is 0 Å². The van der Waals surface area contributed by atoms with E-state index < -0.39 is 0 Å². The number of hydrogen-bond donors (Lipinski definition) is 1. The Morgan fingerprint density at radius 1 is 1.35 bits per heavy atom. The van der Waals surface area contributed by atoms with E-state index >= 15 is 0 Å². The van der Waals surface area contributed by atoms with Crippen molar-refractivity contribution in [3.8, 4) is 17.5 Å². The molecule has 0 atom stereocenters. The zero-order valence-electron chi connectivity index (χ0n) is 10.9. The van der Waals surface area contributed by atoms with Crippen LogP contribution in [0.3, 0.4) is 0 Å². The maximum atomic E-state index is 8.78. The van der Waals surface area contributed by atoms with Crippen LogP contribution in [-0.2, 0) is 6.42 Å². The number of aromatic nitrogens is 3. The second-order valence-corrected chi connectivity index (χ2v) is 4.53. The van der Waals surface area contributed by atoms with Crippen LogP contribution in [-0.4, -0.2) is 15.1 Å². The summed E-state index contributed by atoms with van der Waals surface area (Å²) in [5, 5.41) is 12.8. The lowest BCUT2D eigenvalue weighted by molar-refractivity contribution is 0.424. The van der Waals surface area contributed by atoms with Gasteiger partial charge < -0.3 is 9.51 Å². The lowest BCUT2D eigenvalue weighted by atomic mass is 10.1. The van der Waals surface area contributed by atoms with E-state index in [1.165, 1.54) is 11.1 Å². The van der Waals surface area contributed by atoms with Crippen LogP contribution in [0.5, 0.6) is 0 Å². The monoisotopic (exact) mass is 264 g/mol. The van der Waals surface area contributed by atoms with Crippen molar-refractivity contribution in [2.75, 3.05) is 0 Å². The first-order chi connectivity index (χ1) is 9.76. The van der Waals surface area contributed by atoms with E-state index in [-0.39, 0.29) is 0 Å². The molecule has 0 aliphatic rings. The molecule has 0 fully saturated rings. The molecule has 0 spiro atoms. The molecule has 0 aliphatic heterocycles. The Kier molecular flexibility index (Phi) is 3.05. The molecule has 98 valence electrons. The number of aryl methyl sites for hydroxylation is 1. The largest absolute Gasteiger partial charge is 0.352 e. The predicted octanol–water partition coefficient (Wildman–Crippen LogP) is 2.84. The van der Waals surface area contributed by atoms with Gasteiger partial charge in [-0.05, 0) is 24.1 Å². The van der Waals surface area contributed by atoms with Gasteiger partial charge in [-0.15, -0.1) is 0 Å². The molecule has 0 aliphatic carbocycles. The zero-order valence-corrected chi connectivity index (χ0v) is 10.9. The SMILES string of the molecule is Cc1ccccc1Cc1noc(-c2c[nH]c(C#N)c2)n1. The van der Waals surface area contributed by atoms with Crippen LogP contribution in [0.25, 0.3) is 11.5 Å². The van der Waals surface area contributed by atoms with Gasteiger partial charge in [-0.1, -0.05) is 29.4 Å². The number of aromatic amines is 1. The number of hydrogen-bond acceptors (Lipinski definition) is 4. The topological polar surface area (TPSA) is 78.5 Å². The average molecular weight is 264 g/mol. The van der Waals surface area contributed by atoms with Crippen LogP contribution < -0.4 is 0 Å². The Morgan fingerprint density at radius 3 is 2.95 bits per heavy atom. The van der Waals surface area contributed by atoms with Crippen molar-refractivity contribution in [1.29, 1.82) is 5.26 Å². The van der Waals surface area contributed by atoms with E-state index in [2.05, 4.69) is 34.2 Å². The van der Waals surface area contributed by atoms with Gasteiger partial charge in [0.1, 0.15) is 11.8 Å². The third-order valence-electron chi connectivity index (χ3n) is 3.13. The Hall–Kier alpha value is -2.87. The van der Waals surface area contributed by atoms with E-state index in [1.54, 1.807) is 12.3 Å². The van der Waals surface area contributed by atoms with Crippen LogP contribution in [0.4, 0.5) is 0 Å². The first-order valence-corrected chi connectivity index (χ1v) is 6.22. The molecule has 0 bridgehead atoms. The van der Waals surface area contributed by atoms with Crippen molar-refractivity contribution >= 4 is 0 Å². The standard InChI is InChI=1S/C15H12N4O/c1-10-4-2-3-5-11(10)7-14-18-15(20-19-14)12-6-13(8-16)17-9-12/h2-6,9,17H,7H2,1H3. The maximum Gasteiger partial charge on any atom is 0.259 e. The van der Waals surface area contributed by atoms with Gasteiger partial charge in [-0.25, -0.2) is 0 Å². The third-order valence-corrected chi connectivity index (χ3v) is 3.13. The highest BCUT2D eigenvalue weighted by molar-refractivity contribution is 5.54. The quantitative estimate of drug-likeness (QED) is 0.789. The normalized spacial score (nSPS) is 10.4. The highest BCUT2D eigenvalue weighted by Crippen LogP contribution is 2.19. The molecule has 5 nitrogen and oxygen atoms in total. The van der Waals surface area contributed by atoms with Gasteiger partial charge in [0.15, 0.2) is 5.82 Å². The van der Waals surface area contributed by atoms with Crippen LogP contribution in [0.2, 0.25) is 0 Å². The first-order valence-electron chi connectivity index (χ1n) is 6.22. The van der Waals surface area contributed by atoms with E-state index in [9.17, 15) is 0 Å². The highest BCUT2D eigenvalue weighted by atomic mass is 16.5. The van der Waals surface area contributed by atoms with Crippen molar-refractivity contribution < 1.29 is 4.52 Å². The minimum absolute atomic E-state index is 0.423. The summed E-state index contributed by atoms with van der Waals surface area (Å²) in [5.41, 5.74) is 3.57. The minimum atomic E-state index is 0.423. The molecule has 0 saturated heterocycles. The molecule has 2 heterocycles. The fourth-order valence-electron chi connectivity index (χ4n) is 2.00. The third kappa shape index (κ3) is 2.31. The Labute approximate surface area is 115 Å². The lowest BCUT2D eigenvalue weighted by Gasteiger charge is -2.00. The summed E-state index contributed by atoms with van der Waals surface area (Å²) < 4.78 is 5.23. The van der Waals surface area contributed by atoms with Crippen molar-refractivity contribution in [1.82, 2.24) is 15.1 Å². The van der Waals surface area contributed by atoms with Gasteiger partial charge in [0.25, 0.3) is 5.89 Å². The molecule has 2 aromatic heterocycles. The number of benzene rings is 1. The van der Waals surface area contributed by atoms with Gasteiger partial charge >= 0.3 is 0 Å². The molecule has 20 heavy (non-hydrogen) atoms. The van der Waals surface area contributed by atoms with E-state index in [1.807, 2.05) is 18.2 Å². The number of nitrogens with one attached hydrogen (secondary N) is 1. The zero-order chi connectivity index (χ0) is 13.9. The molecular weight excluding hydrogens is 252 g/mol. The fourth-order valence-corrected chi connectivity index (χ4v) is 2.00. The lowest BCUT2D eigenvalue weighted by Crippen LogP contribution is -1.93. The first kappa shape index (κ1) is 12.2. The van der Waals surface area contributed by atoms with E-state index in [4.69, 9.17) is 9.78 Å². The maximum absolute atomic E-state index is 8.78. The van der Waals surface area contributed by atoms with Crippen LogP contribution in [0.15, 0.2) is 41.1 Å². The summed E-state index contributed by atoms with van der Waals surface area (Å²) in [5.74, 6) is 1.06. The molecule has 3 aromatic rings. The van der Waals surface area contributed by atoms with E-state index in [0.29, 0.717) is 23.8 Å². The predicted molar refractivity (Wildman–Crippen MR) is 72.8 cm³/mol. The molecular formula is C15H12N4O. The number of nitrogens with zero attached hydrogens (tertiary/aromatic N) is 3. The summed E-state index contributed by atoms with van der Waals surface area (Å²) in [4.78, 5) is 7.19. The van der Waals surface area contributed by atoms with Crippen LogP contribution in [0.1, 0.15) is 22.6 Å². The molecule has 0 unspecified atom stereocenters. The average Bonchev–Trinajstić information content (AvgIpc) is 3.10. The van der Waals surface area contributed by atoms with Crippen LogP contribution in [0, 0.1) is 18.3 Å². The van der Waals surface area contributed by atoms with Gasteiger partial charge in [0, 0.05) is 12.6 Å².